The molecular formula is C14H21NO3. The number of phenolic OH excluding ortho intramolecular Hbond substituents is 1. The maximum Gasteiger partial charge on any atom is 0.160 e. The molecule has 100 valence electrons. The van der Waals surface area contributed by atoms with Crippen molar-refractivity contribution in [2.24, 2.45) is 0 Å². The Morgan fingerprint density at radius 3 is 2.83 bits per heavy atom. The van der Waals surface area contributed by atoms with Crippen molar-refractivity contribution in [3.63, 3.8) is 0 Å². The molecule has 0 amide bonds. The number of aliphatic hydroxyl groups excluding tert-OH is 1. The fourth-order valence-corrected chi connectivity index (χ4v) is 2.43. The van der Waals surface area contributed by atoms with Crippen LogP contribution in [0.5, 0.6) is 11.5 Å². The Morgan fingerprint density at radius 1 is 1.33 bits per heavy atom. The number of methoxy groups -OCH3 is 1. The lowest BCUT2D eigenvalue weighted by Gasteiger charge is -2.28. The number of phenols is 1. The summed E-state index contributed by atoms with van der Waals surface area (Å²) in [6.07, 6.45) is 3.96. The van der Waals surface area contributed by atoms with Crippen LogP contribution in [0.3, 0.4) is 0 Å². The highest BCUT2D eigenvalue weighted by Gasteiger charge is 2.22. The number of aliphatic hydroxyl groups is 1. The van der Waals surface area contributed by atoms with Gasteiger partial charge >= 0.3 is 0 Å². The van der Waals surface area contributed by atoms with E-state index in [0.29, 0.717) is 12.3 Å². The van der Waals surface area contributed by atoms with E-state index in [4.69, 9.17) is 4.74 Å². The van der Waals surface area contributed by atoms with Crippen molar-refractivity contribution in [2.45, 2.75) is 44.4 Å². The van der Waals surface area contributed by atoms with Gasteiger partial charge in [0.15, 0.2) is 11.5 Å². The summed E-state index contributed by atoms with van der Waals surface area (Å²) in [6, 6.07) is 5.49. The largest absolute Gasteiger partial charge is 0.504 e. The predicted octanol–water partition coefficient (Wildman–Crippen LogP) is 1.79. The van der Waals surface area contributed by atoms with Crippen molar-refractivity contribution in [3.05, 3.63) is 23.8 Å². The van der Waals surface area contributed by atoms with Gasteiger partial charge in [0.2, 0.25) is 0 Å². The number of rotatable bonds is 4. The third kappa shape index (κ3) is 3.15. The summed E-state index contributed by atoms with van der Waals surface area (Å²) in [4.78, 5) is 0. The molecule has 2 atom stereocenters. The normalized spacial score (nSPS) is 23.9. The Hall–Kier alpha value is -1.26. The van der Waals surface area contributed by atoms with E-state index in [0.717, 1.165) is 24.8 Å². The number of aromatic hydroxyl groups is 1. The maximum atomic E-state index is 9.86. The standard InChI is InChI=1S/C14H21NO3/c1-18-14-8-10(6-7-13(14)17)9-15-11-4-2-3-5-12(11)16/h6-8,11-12,15-17H,2-5,9H2,1H3. The van der Waals surface area contributed by atoms with Gasteiger partial charge in [-0.15, -0.1) is 0 Å². The SMILES string of the molecule is COc1cc(CNC2CCCCC2O)ccc1O. The highest BCUT2D eigenvalue weighted by molar-refractivity contribution is 5.41. The van der Waals surface area contributed by atoms with Gasteiger partial charge in [-0.3, -0.25) is 0 Å². The summed E-state index contributed by atoms with van der Waals surface area (Å²) >= 11 is 0. The third-order valence-electron chi connectivity index (χ3n) is 3.54. The summed E-state index contributed by atoms with van der Waals surface area (Å²) in [5.74, 6) is 0.637. The predicted molar refractivity (Wildman–Crippen MR) is 69.8 cm³/mol. The molecule has 2 rings (SSSR count). The fourth-order valence-electron chi connectivity index (χ4n) is 2.43. The molecule has 1 aromatic carbocycles. The number of nitrogens with one attached hydrogen (secondary N) is 1. The van der Waals surface area contributed by atoms with E-state index in [1.165, 1.54) is 13.5 Å². The van der Waals surface area contributed by atoms with E-state index in [1.807, 2.05) is 12.1 Å². The molecule has 0 bridgehead atoms. The van der Waals surface area contributed by atoms with Crippen LogP contribution in [-0.4, -0.2) is 29.5 Å². The topological polar surface area (TPSA) is 61.7 Å². The van der Waals surface area contributed by atoms with Crippen molar-refractivity contribution in [2.75, 3.05) is 7.11 Å². The second-order valence-electron chi connectivity index (χ2n) is 4.85. The van der Waals surface area contributed by atoms with Gasteiger partial charge in [-0.05, 0) is 30.5 Å². The van der Waals surface area contributed by atoms with Crippen LogP contribution in [0, 0.1) is 0 Å². The van der Waals surface area contributed by atoms with Crippen LogP contribution in [0.15, 0.2) is 18.2 Å². The molecule has 0 spiro atoms. The maximum absolute atomic E-state index is 9.86. The van der Waals surface area contributed by atoms with Gasteiger partial charge in [-0.1, -0.05) is 18.9 Å². The van der Waals surface area contributed by atoms with E-state index in [9.17, 15) is 10.2 Å². The van der Waals surface area contributed by atoms with Crippen molar-refractivity contribution in [3.8, 4) is 11.5 Å². The van der Waals surface area contributed by atoms with Gasteiger partial charge in [0.05, 0.1) is 13.2 Å². The fraction of sp³-hybridized carbons (Fsp3) is 0.571. The quantitative estimate of drug-likeness (QED) is 0.763. The lowest BCUT2D eigenvalue weighted by molar-refractivity contribution is 0.0902. The molecule has 4 nitrogen and oxygen atoms in total. The molecule has 0 aromatic heterocycles. The van der Waals surface area contributed by atoms with Gasteiger partial charge in [-0.25, -0.2) is 0 Å². The summed E-state index contributed by atoms with van der Waals surface area (Å²) in [7, 11) is 1.54. The highest BCUT2D eigenvalue weighted by atomic mass is 16.5. The van der Waals surface area contributed by atoms with Crippen LogP contribution < -0.4 is 10.1 Å². The summed E-state index contributed by atoms with van der Waals surface area (Å²) < 4.78 is 5.07. The van der Waals surface area contributed by atoms with Crippen LogP contribution in [0.25, 0.3) is 0 Å². The zero-order chi connectivity index (χ0) is 13.0. The lowest BCUT2D eigenvalue weighted by atomic mass is 9.92. The molecule has 1 fully saturated rings. The van der Waals surface area contributed by atoms with Gasteiger partial charge < -0.3 is 20.3 Å². The first kappa shape index (κ1) is 13.2. The van der Waals surface area contributed by atoms with Crippen LogP contribution in [-0.2, 0) is 6.54 Å². The molecular weight excluding hydrogens is 230 g/mol. The molecule has 0 saturated heterocycles. The second kappa shape index (κ2) is 6.07. The first-order chi connectivity index (χ1) is 8.70. The number of ether oxygens (including phenoxy) is 1. The molecule has 0 heterocycles. The third-order valence-corrected chi connectivity index (χ3v) is 3.54. The Kier molecular flexibility index (Phi) is 4.44. The Labute approximate surface area is 108 Å². The summed E-state index contributed by atoms with van der Waals surface area (Å²) in [6.45, 7) is 0.679. The molecule has 18 heavy (non-hydrogen) atoms. The minimum Gasteiger partial charge on any atom is -0.504 e. The Bertz CT molecular complexity index is 395. The molecule has 1 aliphatic carbocycles. The van der Waals surface area contributed by atoms with E-state index in [2.05, 4.69) is 5.32 Å². The van der Waals surface area contributed by atoms with Crippen molar-refractivity contribution >= 4 is 0 Å². The van der Waals surface area contributed by atoms with Crippen LogP contribution in [0.1, 0.15) is 31.2 Å². The number of hydrogen-bond donors (Lipinski definition) is 3. The molecule has 0 aliphatic heterocycles. The van der Waals surface area contributed by atoms with Gasteiger partial charge in [-0.2, -0.15) is 0 Å². The molecule has 1 aliphatic rings. The van der Waals surface area contributed by atoms with Gasteiger partial charge in [0.25, 0.3) is 0 Å². The van der Waals surface area contributed by atoms with E-state index >= 15 is 0 Å². The lowest BCUT2D eigenvalue weighted by Crippen LogP contribution is -2.41. The average Bonchev–Trinajstić information content (AvgIpc) is 2.39. The molecule has 3 N–H and O–H groups in total. The van der Waals surface area contributed by atoms with Crippen LogP contribution in [0.4, 0.5) is 0 Å². The molecule has 2 unspecified atom stereocenters. The number of hydrogen-bond acceptors (Lipinski definition) is 4. The summed E-state index contributed by atoms with van der Waals surface area (Å²) in [5, 5.41) is 22.7. The van der Waals surface area contributed by atoms with Crippen molar-refractivity contribution in [1.82, 2.24) is 5.32 Å². The van der Waals surface area contributed by atoms with Gasteiger partial charge in [0, 0.05) is 12.6 Å². The minimum absolute atomic E-state index is 0.152. The van der Waals surface area contributed by atoms with Crippen LogP contribution >= 0.6 is 0 Å². The first-order valence-electron chi connectivity index (χ1n) is 6.48. The zero-order valence-electron chi connectivity index (χ0n) is 10.7. The average molecular weight is 251 g/mol. The molecule has 1 aromatic rings. The van der Waals surface area contributed by atoms with Gasteiger partial charge in [0.1, 0.15) is 0 Å². The van der Waals surface area contributed by atoms with E-state index < -0.39 is 0 Å². The monoisotopic (exact) mass is 251 g/mol. The molecule has 0 radical (unpaired) electrons. The highest BCUT2D eigenvalue weighted by Crippen LogP contribution is 2.26. The smallest absolute Gasteiger partial charge is 0.160 e. The zero-order valence-corrected chi connectivity index (χ0v) is 10.7. The Morgan fingerprint density at radius 2 is 2.11 bits per heavy atom. The van der Waals surface area contributed by atoms with E-state index in [-0.39, 0.29) is 17.9 Å². The Balaban J connectivity index is 1.93. The molecule has 4 heteroatoms. The number of benzene rings is 1. The van der Waals surface area contributed by atoms with Crippen LogP contribution in [0.2, 0.25) is 0 Å². The van der Waals surface area contributed by atoms with Crippen molar-refractivity contribution < 1.29 is 14.9 Å². The van der Waals surface area contributed by atoms with Crippen molar-refractivity contribution in [1.29, 1.82) is 0 Å². The van der Waals surface area contributed by atoms with E-state index in [1.54, 1.807) is 6.07 Å². The summed E-state index contributed by atoms with van der Waals surface area (Å²) in [5.41, 5.74) is 1.04. The minimum atomic E-state index is -0.238. The molecule has 1 saturated carbocycles. The first-order valence-corrected chi connectivity index (χ1v) is 6.48. The second-order valence-corrected chi connectivity index (χ2v) is 4.85.